The maximum absolute atomic E-state index is 12.2. The molecule has 0 radical (unpaired) electrons. The van der Waals surface area contributed by atoms with Gasteiger partial charge in [-0.15, -0.1) is 0 Å². The zero-order valence-electron chi connectivity index (χ0n) is 13.4. The van der Waals surface area contributed by atoms with Crippen molar-refractivity contribution in [3.8, 4) is 11.4 Å². The van der Waals surface area contributed by atoms with E-state index in [4.69, 9.17) is 16.3 Å². The summed E-state index contributed by atoms with van der Waals surface area (Å²) in [5.41, 5.74) is 2.09. The lowest BCUT2D eigenvalue weighted by molar-refractivity contribution is 0.0950. The van der Waals surface area contributed by atoms with Crippen LogP contribution in [0.25, 0.3) is 5.69 Å². The van der Waals surface area contributed by atoms with Gasteiger partial charge >= 0.3 is 0 Å². The Morgan fingerprint density at radius 2 is 2.00 bits per heavy atom. The highest BCUT2D eigenvalue weighted by Crippen LogP contribution is 2.21. The van der Waals surface area contributed by atoms with E-state index in [9.17, 15) is 4.79 Å². The first-order valence-electron chi connectivity index (χ1n) is 7.49. The zero-order chi connectivity index (χ0) is 17.8. The van der Waals surface area contributed by atoms with Crippen LogP contribution in [-0.4, -0.2) is 22.8 Å². The summed E-state index contributed by atoms with van der Waals surface area (Å²) in [5, 5.41) is 7.68. The third-order valence-electron chi connectivity index (χ3n) is 3.59. The van der Waals surface area contributed by atoms with Gasteiger partial charge in [-0.05, 0) is 48.5 Å². The van der Waals surface area contributed by atoms with E-state index in [0.717, 1.165) is 21.6 Å². The molecule has 0 aliphatic carbocycles. The number of aromatic nitrogens is 2. The third kappa shape index (κ3) is 4.21. The average molecular weight is 421 g/mol. The predicted molar refractivity (Wildman–Crippen MR) is 100 cm³/mol. The molecule has 0 unspecified atom stereocenters. The molecule has 3 rings (SSSR count). The van der Waals surface area contributed by atoms with Crippen molar-refractivity contribution in [3.63, 3.8) is 0 Å². The van der Waals surface area contributed by atoms with Crippen LogP contribution < -0.4 is 10.1 Å². The molecule has 1 N–H and O–H groups in total. The van der Waals surface area contributed by atoms with Crippen molar-refractivity contribution in [1.82, 2.24) is 15.1 Å². The van der Waals surface area contributed by atoms with Crippen molar-refractivity contribution in [2.45, 2.75) is 6.54 Å². The zero-order valence-corrected chi connectivity index (χ0v) is 15.7. The molecule has 1 amide bonds. The fraction of sp³-hybridized carbons (Fsp3) is 0.111. The van der Waals surface area contributed by atoms with Gasteiger partial charge in [0.25, 0.3) is 5.91 Å². The molecule has 0 spiro atoms. The molecule has 0 aliphatic rings. The average Bonchev–Trinajstić information content (AvgIpc) is 3.09. The van der Waals surface area contributed by atoms with Crippen LogP contribution in [0.1, 0.15) is 16.1 Å². The topological polar surface area (TPSA) is 56.1 Å². The summed E-state index contributed by atoms with van der Waals surface area (Å²) in [5.74, 6) is 0.547. The molecule has 3 aromatic rings. The summed E-state index contributed by atoms with van der Waals surface area (Å²) in [4.78, 5) is 12.2. The van der Waals surface area contributed by atoms with Crippen LogP contribution in [0, 0.1) is 0 Å². The van der Waals surface area contributed by atoms with Gasteiger partial charge in [-0.2, -0.15) is 5.10 Å². The quantitative estimate of drug-likeness (QED) is 0.672. The Bertz CT molecular complexity index is 894. The highest BCUT2D eigenvalue weighted by molar-refractivity contribution is 9.10. The first kappa shape index (κ1) is 17.5. The second-order valence-electron chi connectivity index (χ2n) is 5.26. The Labute approximate surface area is 158 Å². The molecule has 2 aromatic carbocycles. The van der Waals surface area contributed by atoms with Crippen molar-refractivity contribution in [3.05, 3.63) is 75.5 Å². The Hall–Kier alpha value is -2.31. The fourth-order valence-electron chi connectivity index (χ4n) is 2.27. The van der Waals surface area contributed by atoms with E-state index in [2.05, 4.69) is 26.3 Å². The van der Waals surface area contributed by atoms with Crippen LogP contribution in [0.5, 0.6) is 5.75 Å². The molecule has 128 valence electrons. The largest absolute Gasteiger partial charge is 0.497 e. The maximum atomic E-state index is 12.2. The number of carbonyl (C=O) groups excluding carboxylic acids is 1. The first-order chi connectivity index (χ1) is 12.1. The van der Waals surface area contributed by atoms with Gasteiger partial charge in [0.2, 0.25) is 0 Å². The summed E-state index contributed by atoms with van der Waals surface area (Å²) in [6.07, 6.45) is 1.84. The second kappa shape index (κ2) is 7.72. The molecule has 25 heavy (non-hydrogen) atoms. The van der Waals surface area contributed by atoms with Gasteiger partial charge in [-0.3, -0.25) is 4.79 Å². The number of benzene rings is 2. The lowest BCUT2D eigenvalue weighted by atomic mass is 10.2. The van der Waals surface area contributed by atoms with E-state index in [1.807, 2.05) is 36.5 Å². The second-order valence-corrected chi connectivity index (χ2v) is 6.58. The van der Waals surface area contributed by atoms with Crippen LogP contribution >= 0.6 is 27.5 Å². The molecule has 5 nitrogen and oxygen atoms in total. The lowest BCUT2D eigenvalue weighted by Gasteiger charge is -2.06. The monoisotopic (exact) mass is 419 g/mol. The number of nitrogens with one attached hydrogen (secondary N) is 1. The minimum atomic E-state index is -0.239. The smallest absolute Gasteiger partial charge is 0.253 e. The van der Waals surface area contributed by atoms with Crippen molar-refractivity contribution in [1.29, 1.82) is 0 Å². The summed E-state index contributed by atoms with van der Waals surface area (Å²) in [7, 11) is 1.63. The minimum Gasteiger partial charge on any atom is -0.497 e. The molecule has 0 fully saturated rings. The van der Waals surface area contributed by atoms with Crippen molar-refractivity contribution >= 4 is 33.4 Å². The molecule has 0 bridgehead atoms. The molecular formula is C18H15BrClN3O2. The molecule has 1 aromatic heterocycles. The lowest BCUT2D eigenvalue weighted by Crippen LogP contribution is -2.23. The summed E-state index contributed by atoms with van der Waals surface area (Å²) < 4.78 is 7.71. The van der Waals surface area contributed by atoms with Gasteiger partial charge in [0.15, 0.2) is 0 Å². The van der Waals surface area contributed by atoms with E-state index >= 15 is 0 Å². The van der Waals surface area contributed by atoms with Crippen LogP contribution in [0.4, 0.5) is 0 Å². The van der Waals surface area contributed by atoms with Crippen LogP contribution in [0.2, 0.25) is 5.02 Å². The maximum Gasteiger partial charge on any atom is 0.253 e. The number of amides is 1. The van der Waals surface area contributed by atoms with Gasteiger partial charge in [-0.1, -0.05) is 27.5 Å². The number of ether oxygens (including phenoxy) is 1. The highest BCUT2D eigenvalue weighted by Gasteiger charge is 2.11. The van der Waals surface area contributed by atoms with E-state index in [1.54, 1.807) is 30.0 Å². The summed E-state index contributed by atoms with van der Waals surface area (Å²) >= 11 is 9.41. The normalized spacial score (nSPS) is 10.5. The van der Waals surface area contributed by atoms with E-state index < -0.39 is 0 Å². The molecule has 0 saturated carbocycles. The van der Waals surface area contributed by atoms with Crippen molar-refractivity contribution < 1.29 is 9.53 Å². The minimum absolute atomic E-state index is 0.239. The van der Waals surface area contributed by atoms with Crippen LogP contribution in [0.15, 0.2) is 59.2 Å². The number of carbonyl (C=O) groups is 1. The first-order valence-corrected chi connectivity index (χ1v) is 8.66. The SMILES string of the molecule is COc1ccc(-n2ccc(CNC(=O)c3ccc(Br)cc3Cl)n2)cc1. The van der Waals surface area contributed by atoms with E-state index in [0.29, 0.717) is 17.1 Å². The van der Waals surface area contributed by atoms with Crippen molar-refractivity contribution in [2.24, 2.45) is 0 Å². The Morgan fingerprint density at radius 1 is 1.24 bits per heavy atom. The van der Waals surface area contributed by atoms with Gasteiger partial charge in [0.1, 0.15) is 5.75 Å². The van der Waals surface area contributed by atoms with Gasteiger partial charge in [0.05, 0.1) is 35.6 Å². The van der Waals surface area contributed by atoms with Crippen LogP contribution in [0.3, 0.4) is 0 Å². The molecule has 0 saturated heterocycles. The number of methoxy groups -OCH3 is 1. The summed E-state index contributed by atoms with van der Waals surface area (Å²) in [6, 6.07) is 14.6. The van der Waals surface area contributed by atoms with Crippen LogP contribution in [-0.2, 0) is 6.54 Å². The number of hydrogen-bond acceptors (Lipinski definition) is 3. The molecule has 7 heteroatoms. The number of halogens is 2. The van der Waals surface area contributed by atoms with Crippen molar-refractivity contribution in [2.75, 3.05) is 7.11 Å². The molecular weight excluding hydrogens is 406 g/mol. The Morgan fingerprint density at radius 3 is 2.68 bits per heavy atom. The molecule has 1 heterocycles. The fourth-order valence-corrected chi connectivity index (χ4v) is 3.03. The van der Waals surface area contributed by atoms with Gasteiger partial charge in [-0.25, -0.2) is 4.68 Å². The molecule has 0 aliphatic heterocycles. The van der Waals surface area contributed by atoms with E-state index in [-0.39, 0.29) is 5.91 Å². The van der Waals surface area contributed by atoms with Gasteiger partial charge in [0, 0.05) is 10.7 Å². The number of rotatable bonds is 5. The summed E-state index contributed by atoms with van der Waals surface area (Å²) in [6.45, 7) is 0.314. The predicted octanol–water partition coefficient (Wildman–Crippen LogP) is 4.23. The van der Waals surface area contributed by atoms with E-state index in [1.165, 1.54) is 0 Å². The standard InChI is InChI=1S/C18H15BrClN3O2/c1-25-15-5-3-14(4-6-15)23-9-8-13(22-23)11-21-18(24)16-7-2-12(19)10-17(16)20/h2-10H,11H2,1H3,(H,21,24). The molecule has 0 atom stereocenters. The Kier molecular flexibility index (Phi) is 5.40. The Balaban J connectivity index is 1.66. The third-order valence-corrected chi connectivity index (χ3v) is 4.39. The van der Waals surface area contributed by atoms with Gasteiger partial charge < -0.3 is 10.1 Å². The number of nitrogens with zero attached hydrogens (tertiary/aromatic N) is 2. The number of hydrogen-bond donors (Lipinski definition) is 1. The highest BCUT2D eigenvalue weighted by atomic mass is 79.9.